The molecule has 1 saturated heterocycles. The van der Waals surface area contributed by atoms with Crippen molar-refractivity contribution < 1.29 is 49.5 Å². The maximum absolute atomic E-state index is 14.4. The number of ether oxygens (including phenoxy) is 2. The Hall–Kier alpha value is -3.55. The fourth-order valence-electron chi connectivity index (χ4n) is 6.96. The summed E-state index contributed by atoms with van der Waals surface area (Å²) in [5, 5.41) is 17.0. The van der Waals surface area contributed by atoms with Crippen LogP contribution in [0.2, 0.25) is 0 Å². The van der Waals surface area contributed by atoms with E-state index in [0.29, 0.717) is 25.8 Å². The van der Waals surface area contributed by atoms with Gasteiger partial charge in [-0.1, -0.05) is 85.1 Å². The van der Waals surface area contributed by atoms with E-state index in [1.54, 1.807) is 56.0 Å². The molecule has 4 N–H and O–H groups in total. The van der Waals surface area contributed by atoms with E-state index >= 15 is 0 Å². The topological polar surface area (TPSA) is 167 Å². The Balaban J connectivity index is 2.38. The van der Waals surface area contributed by atoms with Gasteiger partial charge in [-0.2, -0.15) is 0 Å². The van der Waals surface area contributed by atoms with Crippen molar-refractivity contribution in [3.63, 3.8) is 0 Å². The normalized spacial score (nSPS) is 22.8. The number of benzene rings is 1. The number of hydrogen-bond donors (Lipinski definition) is 4. The molecule has 294 valence electrons. The summed E-state index contributed by atoms with van der Waals surface area (Å²) >= 11 is 0. The fourth-order valence-corrected chi connectivity index (χ4v) is 6.96. The number of likely N-dealkylation sites (N-methyl/N-ethyl adjacent to an activating group) is 2. The van der Waals surface area contributed by atoms with Crippen LogP contribution in [0.3, 0.4) is 0 Å². The number of methoxy groups -OCH3 is 2. The van der Waals surface area contributed by atoms with Crippen LogP contribution in [0.15, 0.2) is 30.3 Å². The lowest BCUT2D eigenvalue weighted by Crippen LogP contribution is -2.59. The van der Waals surface area contributed by atoms with Crippen molar-refractivity contribution in [1.29, 1.82) is 0 Å². The van der Waals surface area contributed by atoms with Gasteiger partial charge in [0.05, 0.1) is 44.0 Å². The number of carboxylic acid groups (broad SMARTS) is 1. The monoisotopic (exact) mass is 740 g/mol. The zero-order chi connectivity index (χ0) is 46.1. The van der Waals surface area contributed by atoms with Crippen LogP contribution in [0.5, 0.6) is 0 Å². The summed E-state index contributed by atoms with van der Waals surface area (Å²) in [5.41, 5.74) is 0.731. The summed E-state index contributed by atoms with van der Waals surface area (Å²) < 4.78 is 76.3. The molecule has 1 aromatic rings. The molecule has 13 nitrogen and oxygen atoms in total. The zero-order valence-corrected chi connectivity index (χ0v) is 32.0. The van der Waals surface area contributed by atoms with E-state index in [-0.39, 0.29) is 24.7 Å². The zero-order valence-electron chi connectivity index (χ0n) is 40.0. The Labute approximate surface area is 322 Å². The Morgan fingerprint density at radius 1 is 1.04 bits per heavy atom. The summed E-state index contributed by atoms with van der Waals surface area (Å²) in [5.74, 6) is -9.76. The van der Waals surface area contributed by atoms with Crippen molar-refractivity contribution >= 4 is 29.6 Å². The molecular weight excluding hydrogens is 666 g/mol. The van der Waals surface area contributed by atoms with Gasteiger partial charge in [0, 0.05) is 43.8 Å². The second-order valence-electron chi connectivity index (χ2n) is 13.9. The van der Waals surface area contributed by atoms with Crippen LogP contribution in [-0.4, -0.2) is 122 Å². The van der Waals surface area contributed by atoms with Crippen molar-refractivity contribution in [3.8, 4) is 0 Å². The first-order valence-corrected chi connectivity index (χ1v) is 17.9. The first kappa shape index (κ1) is 33.1. The third-order valence-corrected chi connectivity index (χ3v) is 10.1. The molecule has 0 aliphatic carbocycles. The average Bonchev–Trinajstić information content (AvgIpc) is 3.67. The highest BCUT2D eigenvalue weighted by Gasteiger charge is 2.43. The Morgan fingerprint density at radius 2 is 1.69 bits per heavy atom. The van der Waals surface area contributed by atoms with Crippen molar-refractivity contribution in [2.45, 2.75) is 123 Å². The number of rotatable bonds is 21. The maximum atomic E-state index is 14.4. The molecular formula is C39H65N5O8. The number of aliphatic carboxylic acids is 1. The van der Waals surface area contributed by atoms with E-state index in [9.17, 15) is 29.1 Å². The molecule has 9 atom stereocenters. The van der Waals surface area contributed by atoms with Gasteiger partial charge >= 0.3 is 5.97 Å². The molecule has 0 bridgehead atoms. The van der Waals surface area contributed by atoms with Crippen molar-refractivity contribution in [1.82, 2.24) is 25.8 Å². The third-order valence-electron chi connectivity index (χ3n) is 10.1. The first-order chi connectivity index (χ1) is 27.7. The minimum atomic E-state index is -3.65. The second kappa shape index (κ2) is 21.2. The molecule has 0 aromatic heterocycles. The summed E-state index contributed by atoms with van der Waals surface area (Å²) in [6, 6.07) is 1.68. The third kappa shape index (κ3) is 11.7. The van der Waals surface area contributed by atoms with Crippen molar-refractivity contribution in [2.75, 3.05) is 34.9 Å². The lowest BCUT2D eigenvalue weighted by molar-refractivity contribution is -0.148. The molecule has 1 aliphatic rings. The highest BCUT2D eigenvalue weighted by Crippen LogP contribution is 2.29. The van der Waals surface area contributed by atoms with Crippen LogP contribution in [-0.2, 0) is 39.9 Å². The minimum Gasteiger partial charge on any atom is -0.480 e. The van der Waals surface area contributed by atoms with E-state index in [2.05, 4.69) is 16.0 Å². The predicted molar refractivity (Wildman–Crippen MR) is 200 cm³/mol. The van der Waals surface area contributed by atoms with Gasteiger partial charge in [-0.05, 0) is 43.2 Å². The molecule has 1 aliphatic heterocycles. The van der Waals surface area contributed by atoms with Crippen molar-refractivity contribution in [2.24, 2.45) is 23.6 Å². The van der Waals surface area contributed by atoms with E-state index < -0.39 is 97.5 Å². The predicted octanol–water partition coefficient (Wildman–Crippen LogP) is 3.10. The van der Waals surface area contributed by atoms with Gasteiger partial charge in [-0.25, -0.2) is 4.79 Å². The molecule has 13 heteroatoms. The van der Waals surface area contributed by atoms with Crippen LogP contribution in [0.4, 0.5) is 0 Å². The molecule has 4 amide bonds. The highest BCUT2D eigenvalue weighted by molar-refractivity contribution is 5.90. The lowest BCUT2D eigenvalue weighted by atomic mass is 9.89. The van der Waals surface area contributed by atoms with E-state index in [4.69, 9.17) is 20.4 Å². The van der Waals surface area contributed by atoms with Crippen LogP contribution in [0.25, 0.3) is 0 Å². The summed E-state index contributed by atoms with van der Waals surface area (Å²) in [6.45, 7) is 1.60. The fraction of sp³-hybridized carbons (Fsp3) is 0.718. The van der Waals surface area contributed by atoms with Gasteiger partial charge in [-0.15, -0.1) is 0 Å². The number of carboxylic acids is 1. The molecule has 0 spiro atoms. The van der Waals surface area contributed by atoms with Gasteiger partial charge < -0.3 is 40.3 Å². The average molecular weight is 740 g/mol. The molecule has 52 heavy (non-hydrogen) atoms. The maximum Gasteiger partial charge on any atom is 0.326 e. The summed E-state index contributed by atoms with van der Waals surface area (Å²) in [6.07, 6.45) is -0.210. The summed E-state index contributed by atoms with van der Waals surface area (Å²) in [4.78, 5) is 70.9. The van der Waals surface area contributed by atoms with Gasteiger partial charge in [0.1, 0.15) is 12.1 Å². The standard InChI is InChI=1S/C39H65N5O8/c1-12-25(6)34(43(9)38(48)33(24(4)5)42-37(47)32(40-8)23(2)3)30(51-10)22-31(45)44-20-16-19-29(44)35(52-11)26(7)36(46)41-28(39(49)50)21-27-17-14-13-15-18-27/h13-15,17-18,23-26,28-30,32-35,40H,12,16,19-22H2,1-11H3,(H,41,46)(H,42,47)(H,49,50)/t25-,26+,28-,29-,30+,32-,33-,34-,35+/m0/s1/i2D3,3D3,23D,32D. The molecule has 1 aromatic carbocycles. The number of likely N-dealkylation sites (tertiary alicyclic amines) is 1. The second-order valence-corrected chi connectivity index (χ2v) is 13.9. The lowest BCUT2D eigenvalue weighted by Gasteiger charge is -2.41. The number of carbonyl (C=O) groups excluding carboxylic acids is 4. The van der Waals surface area contributed by atoms with Gasteiger partial charge in [0.25, 0.3) is 0 Å². The van der Waals surface area contributed by atoms with Gasteiger partial charge in [-0.3, -0.25) is 19.2 Å². The highest BCUT2D eigenvalue weighted by atomic mass is 16.5. The largest absolute Gasteiger partial charge is 0.480 e. The van der Waals surface area contributed by atoms with Crippen LogP contribution in [0.1, 0.15) is 90.5 Å². The van der Waals surface area contributed by atoms with Crippen molar-refractivity contribution in [3.05, 3.63) is 35.9 Å². The van der Waals surface area contributed by atoms with Gasteiger partial charge in [0.2, 0.25) is 23.6 Å². The van der Waals surface area contributed by atoms with E-state index in [1.807, 2.05) is 13.8 Å². The van der Waals surface area contributed by atoms with E-state index in [0.717, 1.165) is 12.6 Å². The number of amides is 4. The minimum absolute atomic E-state index is 0.0689. The number of carbonyl (C=O) groups is 5. The quantitative estimate of drug-likeness (QED) is 0.148. The van der Waals surface area contributed by atoms with Crippen LogP contribution >= 0.6 is 0 Å². The SMILES string of the molecule is [2H]C([2H])([2H])C([2H])(C([2H])([2H])[2H])[C@]([2H])(NC)C(=O)N[C@H](C(=O)N(C)[C@@H]([C@@H](C)CC)[C@@H](CC(=O)N1CCC[C@H]1[C@H](OC)[C@@H](C)C(=O)N[C@@H](Cc1ccccc1)C(=O)O)OC)C(C)C. The molecule has 0 unspecified atom stereocenters. The first-order valence-electron chi connectivity index (χ1n) is 21.9. The Bertz CT molecular complexity index is 1610. The molecule has 0 saturated carbocycles. The summed E-state index contributed by atoms with van der Waals surface area (Å²) in [7, 11) is 5.27. The number of nitrogens with one attached hydrogen (secondary N) is 3. The Kier molecular flexibility index (Phi) is 13.5. The van der Waals surface area contributed by atoms with Gasteiger partial charge in [0.15, 0.2) is 0 Å². The van der Waals surface area contributed by atoms with Crippen LogP contribution < -0.4 is 16.0 Å². The molecule has 1 fully saturated rings. The molecule has 0 radical (unpaired) electrons. The van der Waals surface area contributed by atoms with E-state index in [1.165, 1.54) is 26.2 Å². The smallest absolute Gasteiger partial charge is 0.326 e. The number of hydrogen-bond acceptors (Lipinski definition) is 8. The van der Waals surface area contributed by atoms with Crippen LogP contribution in [0, 0.1) is 23.6 Å². The molecule has 1 heterocycles. The number of nitrogens with zero attached hydrogens (tertiary/aromatic N) is 2. The molecule has 2 rings (SSSR count). The Morgan fingerprint density at radius 3 is 2.21 bits per heavy atom.